The number of ether oxygens (including phenoxy) is 1. The number of likely N-dealkylation sites (N-methyl/N-ethyl adjacent to an activating group) is 1. The van der Waals surface area contributed by atoms with Crippen molar-refractivity contribution < 1.29 is 4.74 Å². The fourth-order valence-corrected chi connectivity index (χ4v) is 1.29. The molecule has 0 saturated carbocycles. The van der Waals surface area contributed by atoms with Gasteiger partial charge in [0, 0.05) is 13.7 Å². The van der Waals surface area contributed by atoms with E-state index >= 15 is 0 Å². The third kappa shape index (κ3) is 2.95. The smallest absolute Gasteiger partial charge is 0.0734 e. The Morgan fingerprint density at radius 3 is 2.42 bits per heavy atom. The summed E-state index contributed by atoms with van der Waals surface area (Å²) in [6, 6.07) is 0.477. The van der Waals surface area contributed by atoms with Crippen LogP contribution in [0.1, 0.15) is 20.8 Å². The molecule has 1 rings (SSSR count). The maximum atomic E-state index is 5.21. The van der Waals surface area contributed by atoms with Crippen molar-refractivity contribution in [2.45, 2.75) is 32.9 Å². The van der Waals surface area contributed by atoms with Crippen molar-refractivity contribution >= 4 is 0 Å². The summed E-state index contributed by atoms with van der Waals surface area (Å²) in [6.07, 6.45) is 4.69. The van der Waals surface area contributed by atoms with E-state index < -0.39 is 0 Å². The molecule has 0 bridgehead atoms. The van der Waals surface area contributed by atoms with E-state index in [2.05, 4.69) is 31.0 Å². The fraction of sp³-hybridized carbons (Fsp3) is 0.800. The second kappa shape index (κ2) is 6.21. The van der Waals surface area contributed by atoms with Crippen molar-refractivity contribution in [3.05, 3.63) is 12.2 Å². The van der Waals surface area contributed by atoms with Gasteiger partial charge in [0.1, 0.15) is 0 Å². The van der Waals surface area contributed by atoms with E-state index in [4.69, 9.17) is 4.74 Å². The molecule has 0 fully saturated rings. The molecule has 0 aliphatic carbocycles. The number of nitrogens with zero attached hydrogens (tertiary/aromatic N) is 1. The summed E-state index contributed by atoms with van der Waals surface area (Å²) in [5.41, 5.74) is 0. The van der Waals surface area contributed by atoms with Gasteiger partial charge in [-0.2, -0.15) is 0 Å². The second-order valence-electron chi connectivity index (χ2n) is 2.80. The topological polar surface area (TPSA) is 12.5 Å². The van der Waals surface area contributed by atoms with Crippen LogP contribution in [0.4, 0.5) is 0 Å². The standard InChI is InChI=1S/C8H15NO.C2H6/c1-7(10-3)8-5-4-6-9(8)2;1-2/h4-5,7-8H,6H2,1-3H3;1-2H3/t7-,8?;/m0./s1. The lowest BCUT2D eigenvalue weighted by Crippen LogP contribution is -2.35. The molecule has 0 radical (unpaired) electrons. The molecule has 12 heavy (non-hydrogen) atoms. The molecular formula is C10H21NO. The van der Waals surface area contributed by atoms with Crippen molar-refractivity contribution in [1.82, 2.24) is 4.90 Å². The van der Waals surface area contributed by atoms with Crippen LogP contribution in [-0.2, 0) is 4.74 Å². The minimum absolute atomic E-state index is 0.309. The van der Waals surface area contributed by atoms with Gasteiger partial charge in [-0.25, -0.2) is 0 Å². The van der Waals surface area contributed by atoms with Crippen LogP contribution in [0.5, 0.6) is 0 Å². The summed E-state index contributed by atoms with van der Waals surface area (Å²) in [6.45, 7) is 7.15. The molecule has 0 aromatic rings. The van der Waals surface area contributed by atoms with Crippen molar-refractivity contribution in [2.75, 3.05) is 20.7 Å². The Morgan fingerprint density at radius 1 is 1.50 bits per heavy atom. The van der Waals surface area contributed by atoms with Crippen LogP contribution < -0.4 is 0 Å². The molecule has 0 saturated heterocycles. The van der Waals surface area contributed by atoms with Gasteiger partial charge in [0.2, 0.25) is 0 Å². The van der Waals surface area contributed by atoms with E-state index in [1.165, 1.54) is 0 Å². The number of rotatable bonds is 2. The number of hydrogen-bond donors (Lipinski definition) is 0. The van der Waals surface area contributed by atoms with Gasteiger partial charge in [0.05, 0.1) is 12.1 Å². The SMILES string of the molecule is CC.CO[C@@H](C)C1C=CCN1C. The van der Waals surface area contributed by atoms with E-state index in [1.807, 2.05) is 13.8 Å². The lowest BCUT2D eigenvalue weighted by atomic mass is 10.2. The summed E-state index contributed by atoms with van der Waals surface area (Å²) >= 11 is 0. The normalized spacial score (nSPS) is 24.9. The molecule has 0 spiro atoms. The van der Waals surface area contributed by atoms with E-state index in [9.17, 15) is 0 Å². The minimum Gasteiger partial charge on any atom is -0.380 e. The first-order valence-corrected chi connectivity index (χ1v) is 4.65. The van der Waals surface area contributed by atoms with Gasteiger partial charge in [-0.3, -0.25) is 4.90 Å². The van der Waals surface area contributed by atoms with Crippen molar-refractivity contribution in [1.29, 1.82) is 0 Å². The Bertz CT molecular complexity index is 134. The summed E-state index contributed by atoms with van der Waals surface area (Å²) in [5, 5.41) is 0. The van der Waals surface area contributed by atoms with Crippen molar-refractivity contribution in [2.24, 2.45) is 0 Å². The lowest BCUT2D eigenvalue weighted by Gasteiger charge is -2.24. The van der Waals surface area contributed by atoms with Gasteiger partial charge in [-0.05, 0) is 14.0 Å². The predicted octanol–water partition coefficient (Wildman–Crippen LogP) is 1.92. The fourth-order valence-electron chi connectivity index (χ4n) is 1.29. The molecule has 0 aromatic carbocycles. The second-order valence-corrected chi connectivity index (χ2v) is 2.80. The molecule has 1 unspecified atom stereocenters. The summed E-state index contributed by atoms with van der Waals surface area (Å²) in [7, 11) is 3.87. The Hall–Kier alpha value is -0.340. The van der Waals surface area contributed by atoms with Crippen LogP contribution in [0.3, 0.4) is 0 Å². The van der Waals surface area contributed by atoms with Crippen LogP contribution in [0.15, 0.2) is 12.2 Å². The molecule has 72 valence electrons. The van der Waals surface area contributed by atoms with Crippen LogP contribution >= 0.6 is 0 Å². The van der Waals surface area contributed by atoms with Gasteiger partial charge < -0.3 is 4.74 Å². The van der Waals surface area contributed by atoms with Gasteiger partial charge in [-0.15, -0.1) is 0 Å². The molecule has 0 amide bonds. The van der Waals surface area contributed by atoms with Gasteiger partial charge in [0.15, 0.2) is 0 Å². The number of methoxy groups -OCH3 is 1. The van der Waals surface area contributed by atoms with E-state index in [-0.39, 0.29) is 0 Å². The average Bonchev–Trinajstić information content (AvgIpc) is 2.54. The Labute approximate surface area is 76.2 Å². The van der Waals surface area contributed by atoms with Crippen molar-refractivity contribution in [3.8, 4) is 0 Å². The molecule has 2 atom stereocenters. The van der Waals surface area contributed by atoms with E-state index in [0.29, 0.717) is 12.1 Å². The van der Waals surface area contributed by atoms with Gasteiger partial charge >= 0.3 is 0 Å². The molecule has 0 aromatic heterocycles. The highest BCUT2D eigenvalue weighted by Gasteiger charge is 2.21. The quantitative estimate of drug-likeness (QED) is 0.588. The van der Waals surface area contributed by atoms with E-state index in [1.54, 1.807) is 7.11 Å². The maximum absolute atomic E-state index is 5.21. The lowest BCUT2D eigenvalue weighted by molar-refractivity contribution is 0.0652. The minimum atomic E-state index is 0.309. The Balaban J connectivity index is 0.000000561. The molecule has 1 aliphatic heterocycles. The van der Waals surface area contributed by atoms with Gasteiger partial charge in [0.25, 0.3) is 0 Å². The highest BCUT2D eigenvalue weighted by atomic mass is 16.5. The third-order valence-electron chi connectivity index (χ3n) is 2.09. The van der Waals surface area contributed by atoms with Crippen LogP contribution in [0.2, 0.25) is 0 Å². The molecule has 2 heteroatoms. The molecule has 0 N–H and O–H groups in total. The molecule has 1 heterocycles. The third-order valence-corrected chi connectivity index (χ3v) is 2.09. The highest BCUT2D eigenvalue weighted by Crippen LogP contribution is 2.12. The monoisotopic (exact) mass is 171 g/mol. The van der Waals surface area contributed by atoms with Crippen molar-refractivity contribution in [3.63, 3.8) is 0 Å². The molecule has 1 aliphatic rings. The molecular weight excluding hydrogens is 150 g/mol. The summed E-state index contributed by atoms with van der Waals surface area (Å²) < 4.78 is 5.21. The molecule has 2 nitrogen and oxygen atoms in total. The maximum Gasteiger partial charge on any atom is 0.0734 e. The highest BCUT2D eigenvalue weighted by molar-refractivity contribution is 5.05. The number of hydrogen-bond acceptors (Lipinski definition) is 2. The first-order chi connectivity index (χ1) is 5.75. The van der Waals surface area contributed by atoms with Gasteiger partial charge in [-0.1, -0.05) is 26.0 Å². The predicted molar refractivity (Wildman–Crippen MR) is 53.4 cm³/mol. The summed E-state index contributed by atoms with van der Waals surface area (Å²) in [4.78, 5) is 2.27. The van der Waals surface area contributed by atoms with Crippen LogP contribution in [0.25, 0.3) is 0 Å². The Morgan fingerprint density at radius 2 is 2.08 bits per heavy atom. The zero-order chi connectivity index (χ0) is 9.56. The summed E-state index contributed by atoms with van der Waals surface area (Å²) in [5.74, 6) is 0. The largest absolute Gasteiger partial charge is 0.380 e. The average molecular weight is 171 g/mol. The Kier molecular flexibility index (Phi) is 6.03. The van der Waals surface area contributed by atoms with Crippen LogP contribution in [0, 0.1) is 0 Å². The first kappa shape index (κ1) is 11.7. The zero-order valence-corrected chi connectivity index (χ0v) is 8.87. The zero-order valence-electron chi connectivity index (χ0n) is 8.87. The van der Waals surface area contributed by atoms with E-state index in [0.717, 1.165) is 6.54 Å². The first-order valence-electron chi connectivity index (χ1n) is 4.65. The van der Waals surface area contributed by atoms with Crippen LogP contribution in [-0.4, -0.2) is 37.7 Å².